The minimum atomic E-state index is -3.74. The highest BCUT2D eigenvalue weighted by Crippen LogP contribution is 2.20. The van der Waals surface area contributed by atoms with E-state index < -0.39 is 15.8 Å². The zero-order valence-corrected chi connectivity index (χ0v) is 14.6. The van der Waals surface area contributed by atoms with Crippen molar-refractivity contribution in [2.45, 2.75) is 32.1 Å². The molecule has 0 aliphatic carbocycles. The maximum absolute atomic E-state index is 13.7. The molecule has 1 aliphatic rings. The van der Waals surface area contributed by atoms with Gasteiger partial charge >= 0.3 is 0 Å². The molecule has 128 valence electrons. The molecule has 23 heavy (non-hydrogen) atoms. The lowest BCUT2D eigenvalue weighted by Crippen LogP contribution is -2.38. The van der Waals surface area contributed by atoms with Crippen LogP contribution in [0.5, 0.6) is 0 Å². The molecule has 5 nitrogen and oxygen atoms in total. The first-order chi connectivity index (χ1) is 10.7. The van der Waals surface area contributed by atoms with Crippen LogP contribution in [0.4, 0.5) is 4.39 Å². The molecule has 1 fully saturated rings. The second-order valence-corrected chi connectivity index (χ2v) is 8.09. The number of hydrogen-bond acceptors (Lipinski definition) is 3. The summed E-state index contributed by atoms with van der Waals surface area (Å²) in [6, 6.07) is 3.96. The molecule has 2 rings (SSSR count). The van der Waals surface area contributed by atoms with Gasteiger partial charge in [-0.15, -0.1) is 0 Å². The number of aryl methyl sites for hydroxylation is 1. The van der Waals surface area contributed by atoms with Crippen molar-refractivity contribution in [1.29, 1.82) is 0 Å². The summed E-state index contributed by atoms with van der Waals surface area (Å²) in [6.45, 7) is 6.73. The standard InChI is InChI=1S/C16H23FN2O3S/c1-12(2)16(20)18-7-4-8-19(10-9-18)23(21,22)14-6-5-13(3)15(17)11-14/h5-6,11-12H,4,7-10H2,1-3H3. The van der Waals surface area contributed by atoms with Crippen molar-refractivity contribution < 1.29 is 17.6 Å². The molecule has 0 aromatic heterocycles. The minimum Gasteiger partial charge on any atom is -0.341 e. The highest BCUT2D eigenvalue weighted by molar-refractivity contribution is 7.89. The van der Waals surface area contributed by atoms with Crippen LogP contribution in [0.3, 0.4) is 0 Å². The quantitative estimate of drug-likeness (QED) is 0.844. The number of nitrogens with zero attached hydrogens (tertiary/aromatic N) is 2. The highest BCUT2D eigenvalue weighted by Gasteiger charge is 2.29. The molecule has 0 N–H and O–H groups in total. The fourth-order valence-corrected chi connectivity index (χ4v) is 4.08. The SMILES string of the molecule is Cc1ccc(S(=O)(=O)N2CCCN(C(=O)C(C)C)CC2)cc1F. The number of rotatable bonds is 3. The average molecular weight is 342 g/mol. The smallest absolute Gasteiger partial charge is 0.243 e. The summed E-state index contributed by atoms with van der Waals surface area (Å²) in [5.74, 6) is -0.604. The molecule has 0 atom stereocenters. The number of sulfonamides is 1. The van der Waals surface area contributed by atoms with E-state index >= 15 is 0 Å². The third kappa shape index (κ3) is 3.90. The van der Waals surface area contributed by atoms with Crippen LogP contribution in [0.1, 0.15) is 25.8 Å². The Morgan fingerprint density at radius 3 is 2.48 bits per heavy atom. The number of hydrogen-bond donors (Lipinski definition) is 0. The predicted octanol–water partition coefficient (Wildman–Crippen LogP) is 2.01. The summed E-state index contributed by atoms with van der Waals surface area (Å²) < 4.78 is 40.4. The highest BCUT2D eigenvalue weighted by atomic mass is 32.2. The van der Waals surface area contributed by atoms with Crippen molar-refractivity contribution >= 4 is 15.9 Å². The van der Waals surface area contributed by atoms with Crippen LogP contribution in [0, 0.1) is 18.7 Å². The Labute approximate surface area is 137 Å². The van der Waals surface area contributed by atoms with E-state index in [1.165, 1.54) is 16.4 Å². The van der Waals surface area contributed by atoms with Crippen molar-refractivity contribution in [2.24, 2.45) is 5.92 Å². The molecule has 1 amide bonds. The van der Waals surface area contributed by atoms with E-state index in [2.05, 4.69) is 0 Å². The first-order valence-corrected chi connectivity index (χ1v) is 9.22. The molecule has 7 heteroatoms. The van der Waals surface area contributed by atoms with Crippen LogP contribution in [-0.4, -0.2) is 49.7 Å². The molecule has 0 saturated carbocycles. The van der Waals surface area contributed by atoms with E-state index in [1.807, 2.05) is 13.8 Å². The van der Waals surface area contributed by atoms with E-state index in [-0.39, 0.29) is 23.3 Å². The topological polar surface area (TPSA) is 57.7 Å². The minimum absolute atomic E-state index is 0.0330. The first kappa shape index (κ1) is 17.9. The lowest BCUT2D eigenvalue weighted by atomic mass is 10.2. The molecule has 0 radical (unpaired) electrons. The Hall–Kier alpha value is -1.47. The van der Waals surface area contributed by atoms with E-state index in [9.17, 15) is 17.6 Å². The molecule has 0 unspecified atom stereocenters. The van der Waals surface area contributed by atoms with Gasteiger partial charge in [0.2, 0.25) is 15.9 Å². The van der Waals surface area contributed by atoms with Crippen LogP contribution in [0.25, 0.3) is 0 Å². The van der Waals surface area contributed by atoms with Gasteiger partial charge in [0.25, 0.3) is 0 Å². The maximum Gasteiger partial charge on any atom is 0.243 e. The third-order valence-corrected chi connectivity index (χ3v) is 5.94. The Morgan fingerprint density at radius 2 is 1.87 bits per heavy atom. The van der Waals surface area contributed by atoms with Crippen molar-refractivity contribution in [3.05, 3.63) is 29.6 Å². The zero-order valence-electron chi connectivity index (χ0n) is 13.8. The van der Waals surface area contributed by atoms with E-state index in [1.54, 1.807) is 11.8 Å². The third-order valence-electron chi connectivity index (χ3n) is 4.04. The Bertz CT molecular complexity index is 689. The van der Waals surface area contributed by atoms with Crippen molar-refractivity contribution in [3.8, 4) is 0 Å². The summed E-state index contributed by atoms with van der Waals surface area (Å²) in [6.07, 6.45) is 0.575. The first-order valence-electron chi connectivity index (χ1n) is 7.78. The summed E-state index contributed by atoms with van der Waals surface area (Å²) in [7, 11) is -3.74. The van der Waals surface area contributed by atoms with E-state index in [4.69, 9.17) is 0 Å². The van der Waals surface area contributed by atoms with Crippen LogP contribution >= 0.6 is 0 Å². The summed E-state index contributed by atoms with van der Waals surface area (Å²) in [5, 5.41) is 0. The van der Waals surface area contributed by atoms with E-state index in [0.29, 0.717) is 31.6 Å². The van der Waals surface area contributed by atoms with Crippen molar-refractivity contribution in [3.63, 3.8) is 0 Å². The van der Waals surface area contributed by atoms with Gasteiger partial charge in [-0.1, -0.05) is 19.9 Å². The van der Waals surface area contributed by atoms with Gasteiger partial charge < -0.3 is 4.90 Å². The number of amides is 1. The molecule has 1 heterocycles. The Balaban J connectivity index is 2.18. The van der Waals surface area contributed by atoms with Gasteiger partial charge in [0, 0.05) is 32.1 Å². The molecule has 1 aliphatic heterocycles. The molecule has 1 aromatic carbocycles. The van der Waals surface area contributed by atoms with Gasteiger partial charge in [0.1, 0.15) is 5.82 Å². The zero-order chi connectivity index (χ0) is 17.2. The predicted molar refractivity (Wildman–Crippen MR) is 85.9 cm³/mol. The largest absolute Gasteiger partial charge is 0.341 e. The Morgan fingerprint density at radius 1 is 1.17 bits per heavy atom. The fourth-order valence-electron chi connectivity index (χ4n) is 2.60. The monoisotopic (exact) mass is 342 g/mol. The second-order valence-electron chi connectivity index (χ2n) is 6.15. The number of carbonyl (C=O) groups excluding carboxylic acids is 1. The summed E-state index contributed by atoms with van der Waals surface area (Å²) >= 11 is 0. The summed E-state index contributed by atoms with van der Waals surface area (Å²) in [4.78, 5) is 13.7. The molecule has 0 spiro atoms. The van der Waals surface area contributed by atoms with Gasteiger partial charge in [0.15, 0.2) is 0 Å². The number of benzene rings is 1. The lowest BCUT2D eigenvalue weighted by Gasteiger charge is -2.23. The second kappa shape index (κ2) is 6.97. The van der Waals surface area contributed by atoms with Gasteiger partial charge in [-0.25, -0.2) is 12.8 Å². The average Bonchev–Trinajstić information content (AvgIpc) is 2.75. The van der Waals surface area contributed by atoms with Gasteiger partial charge in [-0.2, -0.15) is 4.31 Å². The maximum atomic E-state index is 13.7. The van der Waals surface area contributed by atoms with Crippen LogP contribution in [0.2, 0.25) is 0 Å². The van der Waals surface area contributed by atoms with E-state index in [0.717, 1.165) is 6.07 Å². The molecule has 1 saturated heterocycles. The molecular formula is C16H23FN2O3S. The molecule has 0 bridgehead atoms. The Kier molecular flexibility index (Phi) is 5.41. The van der Waals surface area contributed by atoms with Crippen molar-refractivity contribution in [1.82, 2.24) is 9.21 Å². The normalized spacial score (nSPS) is 17.3. The number of halogens is 1. The van der Waals surface area contributed by atoms with Crippen molar-refractivity contribution in [2.75, 3.05) is 26.2 Å². The van der Waals surface area contributed by atoms with Gasteiger partial charge in [0.05, 0.1) is 4.90 Å². The van der Waals surface area contributed by atoms with Gasteiger partial charge in [-0.05, 0) is 31.0 Å². The van der Waals surface area contributed by atoms with Gasteiger partial charge in [-0.3, -0.25) is 4.79 Å². The fraction of sp³-hybridized carbons (Fsp3) is 0.562. The molecular weight excluding hydrogens is 319 g/mol. The van der Waals surface area contributed by atoms with Crippen LogP contribution in [-0.2, 0) is 14.8 Å². The van der Waals surface area contributed by atoms with Crippen LogP contribution in [0.15, 0.2) is 23.1 Å². The lowest BCUT2D eigenvalue weighted by molar-refractivity contribution is -0.134. The number of carbonyl (C=O) groups is 1. The molecule has 1 aromatic rings. The van der Waals surface area contributed by atoms with Crippen LogP contribution < -0.4 is 0 Å². The summed E-state index contributed by atoms with van der Waals surface area (Å²) in [5.41, 5.74) is 0.411.